The quantitative estimate of drug-likeness (QED) is 0.532. The average Bonchev–Trinajstić information content (AvgIpc) is 2.65. The smallest absolute Gasteiger partial charge is 0.170 e. The molecule has 0 amide bonds. The third-order valence-electron chi connectivity index (χ3n) is 1.79. The van der Waals surface area contributed by atoms with Crippen LogP contribution in [0.1, 0.15) is 26.1 Å². The van der Waals surface area contributed by atoms with Crippen LogP contribution in [0.15, 0.2) is 4.34 Å². The Morgan fingerprint density at radius 2 is 2.00 bits per heavy atom. The second-order valence-corrected chi connectivity index (χ2v) is 5.18. The Labute approximate surface area is 105 Å². The lowest BCUT2D eigenvalue weighted by Gasteiger charge is -2.15. The van der Waals surface area contributed by atoms with E-state index in [4.69, 9.17) is 9.47 Å². The molecule has 0 aliphatic heterocycles. The highest BCUT2D eigenvalue weighted by atomic mass is 32.2. The molecule has 1 rings (SSSR count). The Morgan fingerprint density at radius 3 is 2.50 bits per heavy atom. The predicted octanol–water partition coefficient (Wildman–Crippen LogP) is 2.73. The van der Waals surface area contributed by atoms with Crippen LogP contribution in [-0.4, -0.2) is 34.6 Å². The van der Waals surface area contributed by atoms with Crippen molar-refractivity contribution in [3.05, 3.63) is 5.82 Å². The molecule has 1 aromatic rings. The van der Waals surface area contributed by atoms with Gasteiger partial charge in [-0.15, -0.1) is 0 Å². The van der Waals surface area contributed by atoms with Gasteiger partial charge in [0.2, 0.25) is 0 Å². The summed E-state index contributed by atoms with van der Waals surface area (Å²) in [5.41, 5.74) is 0. The summed E-state index contributed by atoms with van der Waals surface area (Å²) in [5, 5.41) is 0. The van der Waals surface area contributed by atoms with Crippen molar-refractivity contribution in [1.29, 1.82) is 0 Å². The molecule has 6 heteroatoms. The van der Waals surface area contributed by atoms with Gasteiger partial charge in [0.15, 0.2) is 10.6 Å². The molecule has 0 spiro atoms. The standard InChI is InChI=1S/C10H18N2O2S2/c1-4-13-9(14-5-2)6-7-15-10-11-8(3)12-16-10/h9H,4-7H2,1-3H3. The minimum Gasteiger partial charge on any atom is -0.353 e. The van der Waals surface area contributed by atoms with Crippen molar-refractivity contribution in [3.8, 4) is 0 Å². The van der Waals surface area contributed by atoms with Crippen molar-refractivity contribution in [2.24, 2.45) is 0 Å². The van der Waals surface area contributed by atoms with Gasteiger partial charge in [-0.1, -0.05) is 11.8 Å². The maximum absolute atomic E-state index is 5.46. The van der Waals surface area contributed by atoms with Crippen molar-refractivity contribution >= 4 is 23.3 Å². The summed E-state index contributed by atoms with van der Waals surface area (Å²) in [6.07, 6.45) is 0.793. The first-order valence-corrected chi connectivity index (χ1v) is 7.18. The topological polar surface area (TPSA) is 44.2 Å². The molecular formula is C10H18N2O2S2. The fraction of sp³-hybridized carbons (Fsp3) is 0.800. The summed E-state index contributed by atoms with van der Waals surface area (Å²) < 4.78 is 16.1. The number of rotatable bonds is 8. The van der Waals surface area contributed by atoms with Crippen LogP contribution in [-0.2, 0) is 9.47 Å². The lowest BCUT2D eigenvalue weighted by molar-refractivity contribution is -0.136. The molecule has 0 aliphatic carbocycles. The highest BCUT2D eigenvalue weighted by molar-refractivity contribution is 8.00. The third-order valence-corrected chi connectivity index (χ3v) is 3.75. The minimum atomic E-state index is -0.0866. The molecule has 0 aliphatic rings. The molecule has 0 radical (unpaired) electrons. The number of nitrogens with zero attached hydrogens (tertiary/aromatic N) is 2. The number of hydrogen-bond donors (Lipinski definition) is 0. The molecule has 1 heterocycles. The van der Waals surface area contributed by atoms with E-state index in [1.807, 2.05) is 20.8 Å². The van der Waals surface area contributed by atoms with E-state index in [9.17, 15) is 0 Å². The molecule has 1 aromatic heterocycles. The van der Waals surface area contributed by atoms with Crippen molar-refractivity contribution in [2.45, 2.75) is 37.8 Å². The number of ether oxygens (including phenoxy) is 2. The Kier molecular flexibility index (Phi) is 6.95. The van der Waals surface area contributed by atoms with Crippen LogP contribution in [0.25, 0.3) is 0 Å². The van der Waals surface area contributed by atoms with E-state index in [-0.39, 0.29) is 6.29 Å². The average molecular weight is 262 g/mol. The van der Waals surface area contributed by atoms with Crippen molar-refractivity contribution in [1.82, 2.24) is 9.36 Å². The predicted molar refractivity (Wildman–Crippen MR) is 67.0 cm³/mol. The maximum Gasteiger partial charge on any atom is 0.170 e. The summed E-state index contributed by atoms with van der Waals surface area (Å²) in [6.45, 7) is 7.24. The molecule has 0 saturated carbocycles. The first-order chi connectivity index (χ1) is 7.76. The summed E-state index contributed by atoms with van der Waals surface area (Å²) in [4.78, 5) is 4.29. The van der Waals surface area contributed by atoms with Crippen molar-refractivity contribution in [2.75, 3.05) is 19.0 Å². The lowest BCUT2D eigenvalue weighted by atomic mass is 10.5. The van der Waals surface area contributed by atoms with Crippen LogP contribution in [0, 0.1) is 6.92 Å². The molecule has 0 saturated heterocycles. The highest BCUT2D eigenvalue weighted by Crippen LogP contribution is 2.21. The fourth-order valence-corrected chi connectivity index (χ4v) is 2.84. The van der Waals surface area contributed by atoms with Gasteiger partial charge in [-0.05, 0) is 32.3 Å². The van der Waals surface area contributed by atoms with Gasteiger partial charge in [0.1, 0.15) is 5.82 Å². The summed E-state index contributed by atoms with van der Waals surface area (Å²) >= 11 is 3.15. The zero-order valence-corrected chi connectivity index (χ0v) is 11.6. The normalized spacial score (nSPS) is 11.2. The molecule has 0 fully saturated rings. The van der Waals surface area contributed by atoms with E-state index in [1.54, 1.807) is 11.8 Å². The van der Waals surface area contributed by atoms with Gasteiger partial charge in [0, 0.05) is 25.4 Å². The van der Waals surface area contributed by atoms with E-state index in [0.29, 0.717) is 13.2 Å². The maximum atomic E-state index is 5.46. The largest absolute Gasteiger partial charge is 0.353 e. The number of hydrogen-bond acceptors (Lipinski definition) is 6. The molecule has 16 heavy (non-hydrogen) atoms. The molecule has 0 aromatic carbocycles. The van der Waals surface area contributed by atoms with Gasteiger partial charge in [-0.2, -0.15) is 4.37 Å². The monoisotopic (exact) mass is 262 g/mol. The van der Waals surface area contributed by atoms with Gasteiger partial charge in [-0.25, -0.2) is 4.98 Å². The van der Waals surface area contributed by atoms with Gasteiger partial charge in [0.05, 0.1) is 0 Å². The van der Waals surface area contributed by atoms with E-state index in [0.717, 1.165) is 22.3 Å². The van der Waals surface area contributed by atoms with Gasteiger partial charge >= 0.3 is 0 Å². The summed E-state index contributed by atoms with van der Waals surface area (Å²) in [6, 6.07) is 0. The third kappa shape index (κ3) is 5.25. The molecule has 92 valence electrons. The Hall–Kier alpha value is -0.170. The summed E-state index contributed by atoms with van der Waals surface area (Å²) in [5.74, 6) is 1.79. The zero-order valence-electron chi connectivity index (χ0n) is 9.93. The van der Waals surface area contributed by atoms with E-state index in [2.05, 4.69) is 9.36 Å². The van der Waals surface area contributed by atoms with E-state index < -0.39 is 0 Å². The van der Waals surface area contributed by atoms with Crippen LogP contribution in [0.5, 0.6) is 0 Å². The SMILES string of the molecule is CCOC(CCSc1nc(C)ns1)OCC. The van der Waals surface area contributed by atoms with Gasteiger partial charge in [0.25, 0.3) is 0 Å². The van der Waals surface area contributed by atoms with Crippen LogP contribution in [0.3, 0.4) is 0 Å². The summed E-state index contributed by atoms with van der Waals surface area (Å²) in [7, 11) is 0. The first-order valence-electron chi connectivity index (χ1n) is 5.42. The molecule has 0 bridgehead atoms. The zero-order chi connectivity index (χ0) is 11.8. The minimum absolute atomic E-state index is 0.0866. The lowest BCUT2D eigenvalue weighted by Crippen LogP contribution is -2.18. The van der Waals surface area contributed by atoms with Crippen molar-refractivity contribution < 1.29 is 9.47 Å². The Morgan fingerprint density at radius 1 is 1.31 bits per heavy atom. The number of aryl methyl sites for hydroxylation is 1. The second-order valence-electron chi connectivity index (χ2n) is 3.08. The van der Waals surface area contributed by atoms with Crippen LogP contribution in [0.2, 0.25) is 0 Å². The molecule has 0 unspecified atom stereocenters. The van der Waals surface area contributed by atoms with Gasteiger partial charge in [-0.3, -0.25) is 0 Å². The van der Waals surface area contributed by atoms with Crippen LogP contribution in [0.4, 0.5) is 0 Å². The van der Waals surface area contributed by atoms with Gasteiger partial charge < -0.3 is 9.47 Å². The fourth-order valence-electron chi connectivity index (χ4n) is 1.17. The molecular weight excluding hydrogens is 244 g/mol. The highest BCUT2D eigenvalue weighted by Gasteiger charge is 2.08. The van der Waals surface area contributed by atoms with E-state index in [1.165, 1.54) is 11.5 Å². The molecule has 0 N–H and O–H groups in total. The van der Waals surface area contributed by atoms with Crippen LogP contribution < -0.4 is 0 Å². The second kappa shape index (κ2) is 8.00. The van der Waals surface area contributed by atoms with Crippen molar-refractivity contribution in [3.63, 3.8) is 0 Å². The Balaban J connectivity index is 2.21. The van der Waals surface area contributed by atoms with E-state index >= 15 is 0 Å². The molecule has 4 nitrogen and oxygen atoms in total. The first kappa shape index (κ1) is 13.9. The number of aromatic nitrogens is 2. The molecule has 0 atom stereocenters. The Bertz CT molecular complexity index is 288. The van der Waals surface area contributed by atoms with Crippen LogP contribution >= 0.6 is 23.3 Å². The number of thioether (sulfide) groups is 1.